The summed E-state index contributed by atoms with van der Waals surface area (Å²) in [4.78, 5) is 0. The van der Waals surface area contributed by atoms with Gasteiger partial charge in [-0.15, -0.1) is 11.8 Å². The third kappa shape index (κ3) is 12.3. The van der Waals surface area contributed by atoms with Crippen LogP contribution in [0, 0.1) is 0 Å². The maximum Gasteiger partial charge on any atom is 0.0694 e. The van der Waals surface area contributed by atoms with Crippen molar-refractivity contribution in [3.05, 3.63) is 10.4 Å². The number of thioether (sulfide) groups is 1. The van der Waals surface area contributed by atoms with Crippen molar-refractivity contribution in [1.82, 2.24) is 0 Å². The number of halogens is 1. The van der Waals surface area contributed by atoms with Crippen molar-refractivity contribution < 1.29 is 0 Å². The minimum Gasteiger partial charge on any atom is -0.115 e. The fourth-order valence-electron chi connectivity index (χ4n) is 1.51. The monoisotopic (exact) mass is 248 g/mol. The smallest absolute Gasteiger partial charge is 0.0694 e. The number of rotatable bonds is 10. The summed E-state index contributed by atoms with van der Waals surface area (Å²) >= 11 is 7.72. The van der Waals surface area contributed by atoms with Crippen LogP contribution in [-0.2, 0) is 0 Å². The second kappa shape index (κ2) is 12.4. The van der Waals surface area contributed by atoms with Crippen LogP contribution >= 0.6 is 23.4 Å². The highest BCUT2D eigenvalue weighted by Crippen LogP contribution is 2.20. The molecule has 0 aliphatic rings. The van der Waals surface area contributed by atoms with Gasteiger partial charge in [0.1, 0.15) is 0 Å². The fourth-order valence-corrected chi connectivity index (χ4v) is 2.46. The van der Waals surface area contributed by atoms with E-state index in [1.165, 1.54) is 44.9 Å². The molecule has 0 aromatic heterocycles. The van der Waals surface area contributed by atoms with Crippen LogP contribution in [-0.4, -0.2) is 5.75 Å². The molecule has 0 fully saturated rings. The molecule has 0 aromatic rings. The van der Waals surface area contributed by atoms with E-state index in [-0.39, 0.29) is 0 Å². The number of allylic oxidation sites excluding steroid dienone is 1. The first-order chi connectivity index (χ1) is 7.31. The standard InChI is InChI=1S/C13H25ClS/c1-3-5-6-7-8-9-10-11-12-13(14)15-4-2/h12H,3-11H2,1-2H3/b13-12-. The Bertz CT molecular complexity index is 155. The topological polar surface area (TPSA) is 0 Å². The highest BCUT2D eigenvalue weighted by atomic mass is 35.5. The first-order valence-corrected chi connectivity index (χ1v) is 7.66. The van der Waals surface area contributed by atoms with Crippen LogP contribution in [0.4, 0.5) is 0 Å². The fraction of sp³-hybridized carbons (Fsp3) is 0.846. The van der Waals surface area contributed by atoms with E-state index in [1.807, 2.05) is 0 Å². The summed E-state index contributed by atoms with van der Waals surface area (Å²) in [5.41, 5.74) is 0. The Morgan fingerprint density at radius 1 is 1.00 bits per heavy atom. The van der Waals surface area contributed by atoms with Gasteiger partial charge < -0.3 is 0 Å². The second-order valence-corrected chi connectivity index (χ2v) is 5.79. The Balaban J connectivity index is 3.13. The van der Waals surface area contributed by atoms with Gasteiger partial charge in [-0.2, -0.15) is 0 Å². The lowest BCUT2D eigenvalue weighted by atomic mass is 10.1. The van der Waals surface area contributed by atoms with Crippen molar-refractivity contribution in [2.24, 2.45) is 0 Å². The Morgan fingerprint density at radius 2 is 1.60 bits per heavy atom. The molecule has 0 aromatic carbocycles. The van der Waals surface area contributed by atoms with Gasteiger partial charge in [0.2, 0.25) is 0 Å². The molecule has 0 atom stereocenters. The first-order valence-electron chi connectivity index (χ1n) is 6.29. The van der Waals surface area contributed by atoms with Gasteiger partial charge >= 0.3 is 0 Å². The normalized spacial score (nSPS) is 12.1. The van der Waals surface area contributed by atoms with Gasteiger partial charge in [0.25, 0.3) is 0 Å². The maximum atomic E-state index is 5.99. The number of unbranched alkanes of at least 4 members (excludes halogenated alkanes) is 7. The van der Waals surface area contributed by atoms with Gasteiger partial charge in [0.05, 0.1) is 4.36 Å². The van der Waals surface area contributed by atoms with Crippen molar-refractivity contribution in [2.75, 3.05) is 5.75 Å². The SMILES string of the molecule is CCCCCCCCC/C=C(/Cl)SCC. The molecule has 0 bridgehead atoms. The molecule has 90 valence electrons. The van der Waals surface area contributed by atoms with Crippen molar-refractivity contribution in [2.45, 2.75) is 65.2 Å². The van der Waals surface area contributed by atoms with Crippen LogP contribution < -0.4 is 0 Å². The summed E-state index contributed by atoms with van der Waals surface area (Å²) in [6, 6.07) is 0. The molecule has 0 amide bonds. The molecule has 0 nitrogen and oxygen atoms in total. The lowest BCUT2D eigenvalue weighted by Gasteiger charge is -1.99. The number of hydrogen-bond acceptors (Lipinski definition) is 1. The van der Waals surface area contributed by atoms with E-state index in [9.17, 15) is 0 Å². The van der Waals surface area contributed by atoms with E-state index >= 15 is 0 Å². The second-order valence-electron chi connectivity index (χ2n) is 3.85. The Labute approximate surface area is 105 Å². The largest absolute Gasteiger partial charge is 0.115 e. The molecular formula is C13H25ClS. The van der Waals surface area contributed by atoms with Crippen molar-refractivity contribution >= 4 is 23.4 Å². The lowest BCUT2D eigenvalue weighted by molar-refractivity contribution is 0.592. The zero-order valence-corrected chi connectivity index (χ0v) is 11.8. The van der Waals surface area contributed by atoms with Gasteiger partial charge in [-0.3, -0.25) is 0 Å². The predicted molar refractivity (Wildman–Crippen MR) is 74.7 cm³/mol. The van der Waals surface area contributed by atoms with E-state index in [2.05, 4.69) is 19.9 Å². The molecule has 0 spiro atoms. The molecule has 0 saturated heterocycles. The first kappa shape index (κ1) is 15.4. The van der Waals surface area contributed by atoms with Crippen molar-refractivity contribution in [3.63, 3.8) is 0 Å². The van der Waals surface area contributed by atoms with E-state index in [0.717, 1.165) is 16.5 Å². The molecule has 2 heteroatoms. The highest BCUT2D eigenvalue weighted by molar-refractivity contribution is 8.04. The lowest BCUT2D eigenvalue weighted by Crippen LogP contribution is -1.79. The summed E-state index contributed by atoms with van der Waals surface area (Å²) in [5.74, 6) is 1.08. The van der Waals surface area contributed by atoms with E-state index < -0.39 is 0 Å². The minimum atomic E-state index is 0.975. The van der Waals surface area contributed by atoms with Crippen LogP contribution in [0.1, 0.15) is 65.2 Å². The van der Waals surface area contributed by atoms with E-state index in [4.69, 9.17) is 11.6 Å². The third-order valence-corrected chi connectivity index (χ3v) is 3.61. The molecule has 0 aliphatic carbocycles. The summed E-state index contributed by atoms with van der Waals surface area (Å²) in [6.45, 7) is 4.40. The summed E-state index contributed by atoms with van der Waals surface area (Å²) < 4.78 is 0.975. The van der Waals surface area contributed by atoms with Crippen LogP contribution in [0.5, 0.6) is 0 Å². The molecule has 0 N–H and O–H groups in total. The van der Waals surface area contributed by atoms with Crippen molar-refractivity contribution in [3.8, 4) is 0 Å². The van der Waals surface area contributed by atoms with Gasteiger partial charge in [-0.05, 0) is 18.6 Å². The Hall–Kier alpha value is 0.380. The van der Waals surface area contributed by atoms with Crippen LogP contribution in [0.2, 0.25) is 0 Å². The van der Waals surface area contributed by atoms with E-state index in [0.29, 0.717) is 0 Å². The van der Waals surface area contributed by atoms with Crippen LogP contribution in [0.25, 0.3) is 0 Å². The maximum absolute atomic E-state index is 5.99. The zero-order valence-electron chi connectivity index (χ0n) is 10.2. The van der Waals surface area contributed by atoms with Crippen LogP contribution in [0.3, 0.4) is 0 Å². The highest BCUT2D eigenvalue weighted by Gasteiger charge is 1.92. The summed E-state index contributed by atoms with van der Waals surface area (Å²) in [6.07, 6.45) is 12.9. The molecule has 0 rings (SSSR count). The van der Waals surface area contributed by atoms with Crippen molar-refractivity contribution in [1.29, 1.82) is 0 Å². The molecule has 0 unspecified atom stereocenters. The van der Waals surface area contributed by atoms with Gasteiger partial charge in [0, 0.05) is 0 Å². The van der Waals surface area contributed by atoms with E-state index in [1.54, 1.807) is 11.8 Å². The molecule has 0 aliphatic heterocycles. The molecule has 0 radical (unpaired) electrons. The Kier molecular flexibility index (Phi) is 12.8. The summed E-state index contributed by atoms with van der Waals surface area (Å²) in [5, 5.41) is 0. The molecule has 0 heterocycles. The van der Waals surface area contributed by atoms with Gasteiger partial charge in [-0.25, -0.2) is 0 Å². The third-order valence-electron chi connectivity index (χ3n) is 2.39. The average Bonchev–Trinajstić information content (AvgIpc) is 2.22. The quantitative estimate of drug-likeness (QED) is 0.430. The minimum absolute atomic E-state index is 0.975. The zero-order chi connectivity index (χ0) is 11.4. The molecule has 0 saturated carbocycles. The Morgan fingerprint density at radius 3 is 2.20 bits per heavy atom. The van der Waals surface area contributed by atoms with Gasteiger partial charge in [-0.1, -0.05) is 70.0 Å². The van der Waals surface area contributed by atoms with Gasteiger partial charge in [0.15, 0.2) is 0 Å². The molecular weight excluding hydrogens is 224 g/mol. The molecule has 15 heavy (non-hydrogen) atoms. The number of hydrogen-bond donors (Lipinski definition) is 0. The average molecular weight is 249 g/mol. The summed E-state index contributed by atoms with van der Waals surface area (Å²) in [7, 11) is 0. The van der Waals surface area contributed by atoms with Crippen LogP contribution in [0.15, 0.2) is 10.4 Å². The predicted octanol–water partition coefficient (Wildman–Crippen LogP) is 5.96.